The predicted molar refractivity (Wildman–Crippen MR) is 65.4 cm³/mol. The summed E-state index contributed by atoms with van der Waals surface area (Å²) in [6.45, 7) is 7.59. The molecule has 16 heavy (non-hydrogen) atoms. The van der Waals surface area contributed by atoms with Crippen LogP contribution in [0.2, 0.25) is 0 Å². The van der Waals surface area contributed by atoms with Gasteiger partial charge in [-0.3, -0.25) is 4.90 Å². The van der Waals surface area contributed by atoms with Gasteiger partial charge in [-0.1, -0.05) is 6.92 Å². The summed E-state index contributed by atoms with van der Waals surface area (Å²) in [7, 11) is 2.06. The number of furan rings is 1. The van der Waals surface area contributed by atoms with E-state index in [0.29, 0.717) is 6.04 Å². The first-order valence-corrected chi connectivity index (χ1v) is 6.14. The first-order chi connectivity index (χ1) is 7.69. The fraction of sp³-hybridized carbons (Fsp3) is 0.692. The van der Waals surface area contributed by atoms with Crippen molar-refractivity contribution in [3.8, 4) is 0 Å². The molecule has 1 aromatic heterocycles. The Hall–Kier alpha value is -0.800. The van der Waals surface area contributed by atoms with Crippen LogP contribution in [0.3, 0.4) is 0 Å². The van der Waals surface area contributed by atoms with Crippen molar-refractivity contribution in [3.63, 3.8) is 0 Å². The molecule has 0 amide bonds. The van der Waals surface area contributed by atoms with Crippen LogP contribution in [-0.2, 0) is 6.54 Å². The van der Waals surface area contributed by atoms with E-state index in [9.17, 15) is 0 Å². The molecule has 2 heterocycles. The minimum atomic E-state index is 0.676. The number of hydrogen-bond acceptors (Lipinski definition) is 3. The molecule has 1 N–H and O–H groups in total. The molecule has 0 radical (unpaired) electrons. The molecular formula is C13H22N2O. The van der Waals surface area contributed by atoms with Crippen LogP contribution in [-0.4, -0.2) is 31.1 Å². The Labute approximate surface area is 97.8 Å². The maximum absolute atomic E-state index is 5.62. The highest BCUT2D eigenvalue weighted by Gasteiger charge is 2.24. The van der Waals surface area contributed by atoms with Crippen LogP contribution in [0.1, 0.15) is 24.9 Å². The summed E-state index contributed by atoms with van der Waals surface area (Å²) in [6.07, 6.45) is 1.23. The highest BCUT2D eigenvalue weighted by atomic mass is 16.3. The zero-order valence-electron chi connectivity index (χ0n) is 10.5. The van der Waals surface area contributed by atoms with Crippen molar-refractivity contribution in [2.45, 2.75) is 32.9 Å². The highest BCUT2D eigenvalue weighted by molar-refractivity contribution is 5.05. The first kappa shape index (κ1) is 11.7. The summed E-state index contributed by atoms with van der Waals surface area (Å²) in [5.41, 5.74) is 0. The molecule has 1 saturated heterocycles. The van der Waals surface area contributed by atoms with Gasteiger partial charge in [-0.25, -0.2) is 0 Å². The summed E-state index contributed by atoms with van der Waals surface area (Å²) >= 11 is 0. The van der Waals surface area contributed by atoms with Crippen LogP contribution in [0.4, 0.5) is 0 Å². The average Bonchev–Trinajstić information content (AvgIpc) is 2.64. The minimum absolute atomic E-state index is 0.676. The number of aryl methyl sites for hydroxylation is 1. The lowest BCUT2D eigenvalue weighted by Gasteiger charge is -2.36. The topological polar surface area (TPSA) is 28.4 Å². The molecule has 1 aromatic rings. The van der Waals surface area contributed by atoms with E-state index in [1.54, 1.807) is 0 Å². The molecule has 0 aliphatic carbocycles. The van der Waals surface area contributed by atoms with Gasteiger partial charge in [0.25, 0.3) is 0 Å². The van der Waals surface area contributed by atoms with E-state index in [-0.39, 0.29) is 0 Å². The van der Waals surface area contributed by atoms with Gasteiger partial charge in [0.2, 0.25) is 0 Å². The number of rotatable bonds is 3. The van der Waals surface area contributed by atoms with Crippen molar-refractivity contribution in [3.05, 3.63) is 23.7 Å². The maximum atomic E-state index is 5.62. The molecule has 3 nitrogen and oxygen atoms in total. The zero-order chi connectivity index (χ0) is 11.5. The summed E-state index contributed by atoms with van der Waals surface area (Å²) in [5.74, 6) is 2.82. The SMILES string of the molecule is CNC1CCN(Cc2ccc(C)o2)CC1C. The van der Waals surface area contributed by atoms with Gasteiger partial charge in [0, 0.05) is 19.1 Å². The van der Waals surface area contributed by atoms with Crippen molar-refractivity contribution in [2.24, 2.45) is 5.92 Å². The van der Waals surface area contributed by atoms with Gasteiger partial charge in [-0.05, 0) is 38.4 Å². The Morgan fingerprint density at radius 3 is 2.88 bits per heavy atom. The molecule has 1 fully saturated rings. The summed E-state index contributed by atoms with van der Waals surface area (Å²) in [6, 6.07) is 4.80. The van der Waals surface area contributed by atoms with Crippen molar-refractivity contribution < 1.29 is 4.42 Å². The van der Waals surface area contributed by atoms with Crippen LogP contribution >= 0.6 is 0 Å². The first-order valence-electron chi connectivity index (χ1n) is 6.14. The fourth-order valence-electron chi connectivity index (χ4n) is 2.59. The van der Waals surface area contributed by atoms with Crippen molar-refractivity contribution in [1.29, 1.82) is 0 Å². The third-order valence-electron chi connectivity index (χ3n) is 3.54. The summed E-state index contributed by atoms with van der Waals surface area (Å²) in [4.78, 5) is 2.48. The number of piperidine rings is 1. The fourth-order valence-corrected chi connectivity index (χ4v) is 2.59. The number of likely N-dealkylation sites (tertiary alicyclic amines) is 1. The second-order valence-corrected chi connectivity index (χ2v) is 4.91. The summed E-state index contributed by atoms with van der Waals surface area (Å²) in [5, 5.41) is 3.39. The Balaban J connectivity index is 1.88. The Morgan fingerprint density at radius 2 is 2.31 bits per heavy atom. The summed E-state index contributed by atoms with van der Waals surface area (Å²) < 4.78 is 5.62. The van der Waals surface area contributed by atoms with E-state index in [1.165, 1.54) is 6.42 Å². The molecule has 1 aliphatic heterocycles. The Bertz CT molecular complexity index is 334. The maximum Gasteiger partial charge on any atom is 0.118 e. The predicted octanol–water partition coefficient (Wildman–Crippen LogP) is 2.02. The van der Waals surface area contributed by atoms with E-state index in [2.05, 4.69) is 30.3 Å². The van der Waals surface area contributed by atoms with Gasteiger partial charge < -0.3 is 9.73 Å². The van der Waals surface area contributed by atoms with E-state index in [0.717, 1.165) is 37.1 Å². The van der Waals surface area contributed by atoms with E-state index in [4.69, 9.17) is 4.42 Å². The molecule has 2 atom stereocenters. The van der Waals surface area contributed by atoms with Gasteiger partial charge in [0.05, 0.1) is 6.54 Å². The van der Waals surface area contributed by atoms with Crippen molar-refractivity contribution >= 4 is 0 Å². The monoisotopic (exact) mass is 222 g/mol. The van der Waals surface area contributed by atoms with E-state index < -0.39 is 0 Å². The molecular weight excluding hydrogens is 200 g/mol. The number of hydrogen-bond donors (Lipinski definition) is 1. The third kappa shape index (κ3) is 2.66. The van der Waals surface area contributed by atoms with Crippen LogP contribution in [0.15, 0.2) is 16.5 Å². The van der Waals surface area contributed by atoms with Gasteiger partial charge >= 0.3 is 0 Å². The van der Waals surface area contributed by atoms with E-state index >= 15 is 0 Å². The van der Waals surface area contributed by atoms with E-state index in [1.807, 2.05) is 13.0 Å². The Morgan fingerprint density at radius 1 is 1.50 bits per heavy atom. The largest absolute Gasteiger partial charge is 0.465 e. The molecule has 90 valence electrons. The molecule has 0 saturated carbocycles. The molecule has 2 unspecified atom stereocenters. The molecule has 3 heteroatoms. The van der Waals surface area contributed by atoms with Crippen LogP contribution in [0.25, 0.3) is 0 Å². The lowest BCUT2D eigenvalue weighted by Crippen LogP contribution is -2.46. The van der Waals surface area contributed by atoms with Gasteiger partial charge in [-0.2, -0.15) is 0 Å². The van der Waals surface area contributed by atoms with Crippen LogP contribution in [0, 0.1) is 12.8 Å². The molecule has 0 aromatic carbocycles. The third-order valence-corrected chi connectivity index (χ3v) is 3.54. The second kappa shape index (κ2) is 5.02. The lowest BCUT2D eigenvalue weighted by atomic mass is 9.94. The van der Waals surface area contributed by atoms with Crippen molar-refractivity contribution in [1.82, 2.24) is 10.2 Å². The van der Waals surface area contributed by atoms with Gasteiger partial charge in [0.1, 0.15) is 11.5 Å². The van der Waals surface area contributed by atoms with Crippen LogP contribution < -0.4 is 5.32 Å². The Kier molecular flexibility index (Phi) is 3.66. The number of nitrogens with one attached hydrogen (secondary N) is 1. The second-order valence-electron chi connectivity index (χ2n) is 4.91. The minimum Gasteiger partial charge on any atom is -0.465 e. The molecule has 2 rings (SSSR count). The number of nitrogens with zero attached hydrogens (tertiary/aromatic N) is 1. The van der Waals surface area contributed by atoms with Gasteiger partial charge in [0.15, 0.2) is 0 Å². The quantitative estimate of drug-likeness (QED) is 0.848. The zero-order valence-corrected chi connectivity index (χ0v) is 10.5. The van der Waals surface area contributed by atoms with Gasteiger partial charge in [-0.15, -0.1) is 0 Å². The molecule has 1 aliphatic rings. The molecule has 0 spiro atoms. The highest BCUT2D eigenvalue weighted by Crippen LogP contribution is 2.19. The lowest BCUT2D eigenvalue weighted by molar-refractivity contribution is 0.136. The smallest absolute Gasteiger partial charge is 0.118 e. The average molecular weight is 222 g/mol. The van der Waals surface area contributed by atoms with Crippen molar-refractivity contribution in [2.75, 3.05) is 20.1 Å². The normalized spacial score (nSPS) is 27.2. The van der Waals surface area contributed by atoms with Crippen LogP contribution in [0.5, 0.6) is 0 Å². The molecule has 0 bridgehead atoms. The standard InChI is InChI=1S/C13H22N2O/c1-10-8-15(7-6-13(10)14-3)9-12-5-4-11(2)16-12/h4-5,10,13-14H,6-9H2,1-3H3.